The minimum Gasteiger partial charge on any atom is -0.464 e. The first-order valence-electron chi connectivity index (χ1n) is 12.6. The van der Waals surface area contributed by atoms with Crippen LogP contribution in [0.5, 0.6) is 0 Å². The van der Waals surface area contributed by atoms with Crippen molar-refractivity contribution in [2.45, 2.75) is 64.3 Å². The maximum absolute atomic E-state index is 12.7. The lowest BCUT2D eigenvalue weighted by Crippen LogP contribution is -2.53. The van der Waals surface area contributed by atoms with Gasteiger partial charge in [0.2, 0.25) is 5.91 Å². The Morgan fingerprint density at radius 1 is 1.18 bits per heavy atom. The molecular weight excluding hydrogens is 436 g/mol. The van der Waals surface area contributed by atoms with Crippen molar-refractivity contribution < 1.29 is 23.9 Å². The largest absolute Gasteiger partial charge is 0.464 e. The van der Waals surface area contributed by atoms with E-state index < -0.39 is 18.1 Å². The highest BCUT2D eigenvalue weighted by Crippen LogP contribution is 2.26. The highest BCUT2D eigenvalue weighted by molar-refractivity contribution is 5.88. The molecule has 9 nitrogen and oxygen atoms in total. The molecular formula is C25H36N4O5. The molecule has 2 aliphatic heterocycles. The van der Waals surface area contributed by atoms with Crippen LogP contribution in [0.2, 0.25) is 0 Å². The summed E-state index contributed by atoms with van der Waals surface area (Å²) in [6, 6.07) is 3.24. The standard InChI is InChI=1S/C25H36N4O5/c1-2-33-24(31)21(28-25(32)34-16-17-5-3-6-17)13-22(30)29-14-18(15-29)8-10-20-11-9-19-7-4-12-26-23(19)27-20/h9,11,17-18,21H,2-8,10,12-16H2,1H3,(H,26,27)(H,28,32)/t21-/m0/s1. The van der Waals surface area contributed by atoms with Crippen molar-refractivity contribution in [3.8, 4) is 0 Å². The molecule has 3 heterocycles. The number of hydrogen-bond acceptors (Lipinski definition) is 7. The van der Waals surface area contributed by atoms with Crippen LogP contribution < -0.4 is 10.6 Å². The number of likely N-dealkylation sites (tertiary alicyclic amines) is 1. The van der Waals surface area contributed by atoms with Crippen molar-refractivity contribution in [2.75, 3.05) is 38.2 Å². The van der Waals surface area contributed by atoms with Crippen LogP contribution >= 0.6 is 0 Å². The second-order valence-electron chi connectivity index (χ2n) is 9.59. The number of anilines is 1. The number of pyridine rings is 1. The molecule has 1 aromatic rings. The number of nitrogens with zero attached hydrogens (tertiary/aromatic N) is 2. The number of aromatic nitrogens is 1. The third-order valence-electron chi connectivity index (χ3n) is 6.99. The van der Waals surface area contributed by atoms with Crippen molar-refractivity contribution in [1.29, 1.82) is 0 Å². The van der Waals surface area contributed by atoms with Crippen molar-refractivity contribution in [1.82, 2.24) is 15.2 Å². The number of fused-ring (bicyclic) bond motifs is 1. The minimum atomic E-state index is -1.03. The monoisotopic (exact) mass is 472 g/mol. The lowest BCUT2D eigenvalue weighted by Gasteiger charge is -2.40. The topological polar surface area (TPSA) is 110 Å². The van der Waals surface area contributed by atoms with Crippen LogP contribution in [-0.2, 0) is 31.9 Å². The number of esters is 1. The van der Waals surface area contributed by atoms with Gasteiger partial charge in [-0.3, -0.25) is 4.79 Å². The quantitative estimate of drug-likeness (QED) is 0.504. The van der Waals surface area contributed by atoms with E-state index in [1.54, 1.807) is 11.8 Å². The van der Waals surface area contributed by atoms with Gasteiger partial charge in [0.15, 0.2) is 0 Å². The van der Waals surface area contributed by atoms with Gasteiger partial charge in [-0.05, 0) is 68.9 Å². The summed E-state index contributed by atoms with van der Waals surface area (Å²) in [5, 5.41) is 5.89. The Bertz CT molecular complexity index is 882. The van der Waals surface area contributed by atoms with Crippen molar-refractivity contribution in [3.05, 3.63) is 23.4 Å². The van der Waals surface area contributed by atoms with Gasteiger partial charge in [0.25, 0.3) is 0 Å². The number of aryl methyl sites for hydroxylation is 2. The van der Waals surface area contributed by atoms with E-state index in [2.05, 4.69) is 22.8 Å². The average molecular weight is 473 g/mol. The van der Waals surface area contributed by atoms with Crippen LogP contribution in [0.3, 0.4) is 0 Å². The van der Waals surface area contributed by atoms with Crippen LogP contribution in [-0.4, -0.2) is 66.7 Å². The molecule has 0 spiro atoms. The first-order valence-corrected chi connectivity index (χ1v) is 12.6. The number of carbonyl (C=O) groups is 3. The molecule has 0 bridgehead atoms. The van der Waals surface area contributed by atoms with Gasteiger partial charge in [0.05, 0.1) is 19.6 Å². The average Bonchev–Trinajstić information content (AvgIpc) is 2.76. The summed E-state index contributed by atoms with van der Waals surface area (Å²) in [7, 11) is 0. The smallest absolute Gasteiger partial charge is 0.407 e. The maximum atomic E-state index is 12.7. The zero-order valence-electron chi connectivity index (χ0n) is 20.0. The fourth-order valence-electron chi connectivity index (χ4n) is 4.59. The van der Waals surface area contributed by atoms with E-state index >= 15 is 0 Å². The van der Waals surface area contributed by atoms with Crippen LogP contribution in [0, 0.1) is 11.8 Å². The molecule has 2 amide bonds. The van der Waals surface area contributed by atoms with Gasteiger partial charge in [-0.25, -0.2) is 14.6 Å². The van der Waals surface area contributed by atoms with Gasteiger partial charge in [-0.2, -0.15) is 0 Å². The summed E-state index contributed by atoms with van der Waals surface area (Å²) in [6.45, 7) is 4.51. The second-order valence-corrected chi connectivity index (χ2v) is 9.59. The molecule has 0 unspecified atom stereocenters. The SMILES string of the molecule is CCOC(=O)[C@H](CC(=O)N1CC(CCc2ccc3c(n2)NCCC3)C1)NC(=O)OCC1CCC1. The summed E-state index contributed by atoms with van der Waals surface area (Å²) < 4.78 is 10.3. The zero-order chi connectivity index (χ0) is 23.9. The number of hydrogen-bond donors (Lipinski definition) is 2. The van der Waals surface area contributed by atoms with Crippen molar-refractivity contribution in [3.63, 3.8) is 0 Å². The van der Waals surface area contributed by atoms with E-state index in [-0.39, 0.29) is 18.9 Å². The third-order valence-corrected chi connectivity index (χ3v) is 6.99. The van der Waals surface area contributed by atoms with Gasteiger partial charge < -0.3 is 25.0 Å². The Morgan fingerprint density at radius 3 is 2.74 bits per heavy atom. The first-order chi connectivity index (χ1) is 16.5. The van der Waals surface area contributed by atoms with E-state index in [1.165, 1.54) is 5.56 Å². The van der Waals surface area contributed by atoms with Gasteiger partial charge in [-0.15, -0.1) is 0 Å². The summed E-state index contributed by atoms with van der Waals surface area (Å²) in [5.41, 5.74) is 2.36. The van der Waals surface area contributed by atoms with E-state index in [4.69, 9.17) is 14.5 Å². The maximum Gasteiger partial charge on any atom is 0.407 e. The zero-order valence-corrected chi connectivity index (χ0v) is 20.0. The molecule has 1 saturated heterocycles. The summed E-state index contributed by atoms with van der Waals surface area (Å²) in [5.74, 6) is 1.05. The number of amides is 2. The molecule has 0 aromatic carbocycles. The van der Waals surface area contributed by atoms with Crippen LogP contribution in [0.1, 0.15) is 56.7 Å². The Kier molecular flexibility index (Phi) is 8.24. The number of carbonyl (C=O) groups excluding carboxylic acids is 3. The van der Waals surface area contributed by atoms with E-state index in [1.807, 2.05) is 0 Å². The Balaban J connectivity index is 1.20. The van der Waals surface area contributed by atoms with Crippen molar-refractivity contribution in [2.24, 2.45) is 11.8 Å². The Hall–Kier alpha value is -2.84. The number of ether oxygens (including phenoxy) is 2. The lowest BCUT2D eigenvalue weighted by atomic mass is 9.86. The van der Waals surface area contributed by atoms with Crippen molar-refractivity contribution >= 4 is 23.8 Å². The van der Waals surface area contributed by atoms with E-state index in [0.717, 1.165) is 63.0 Å². The van der Waals surface area contributed by atoms with Crippen LogP contribution in [0.4, 0.5) is 10.6 Å². The van der Waals surface area contributed by atoms with Crippen LogP contribution in [0.15, 0.2) is 12.1 Å². The normalized spacial score (nSPS) is 18.6. The molecule has 9 heteroatoms. The second kappa shape index (κ2) is 11.5. The molecule has 2 N–H and O–H groups in total. The van der Waals surface area contributed by atoms with E-state index in [9.17, 15) is 14.4 Å². The highest BCUT2D eigenvalue weighted by atomic mass is 16.6. The molecule has 2 fully saturated rings. The summed E-state index contributed by atoms with van der Waals surface area (Å²) in [6.07, 6.45) is 6.54. The minimum absolute atomic E-state index is 0.123. The fourth-order valence-corrected chi connectivity index (χ4v) is 4.59. The highest BCUT2D eigenvalue weighted by Gasteiger charge is 2.34. The van der Waals surface area contributed by atoms with Gasteiger partial charge in [0.1, 0.15) is 11.9 Å². The lowest BCUT2D eigenvalue weighted by molar-refractivity contribution is -0.149. The molecule has 3 aliphatic rings. The molecule has 186 valence electrons. The summed E-state index contributed by atoms with van der Waals surface area (Å²) >= 11 is 0. The molecule has 1 saturated carbocycles. The summed E-state index contributed by atoms with van der Waals surface area (Å²) in [4.78, 5) is 43.6. The van der Waals surface area contributed by atoms with Crippen LogP contribution in [0.25, 0.3) is 0 Å². The van der Waals surface area contributed by atoms with Gasteiger partial charge in [0, 0.05) is 25.3 Å². The van der Waals surface area contributed by atoms with Gasteiger partial charge >= 0.3 is 12.1 Å². The molecule has 1 aliphatic carbocycles. The Labute approximate surface area is 201 Å². The number of alkyl carbamates (subject to hydrolysis) is 1. The fraction of sp³-hybridized carbons (Fsp3) is 0.680. The molecule has 34 heavy (non-hydrogen) atoms. The molecule has 1 aromatic heterocycles. The number of rotatable bonds is 10. The number of nitrogens with one attached hydrogen (secondary N) is 2. The van der Waals surface area contributed by atoms with Gasteiger partial charge in [-0.1, -0.05) is 12.5 Å². The Morgan fingerprint density at radius 2 is 2.00 bits per heavy atom. The predicted molar refractivity (Wildman–Crippen MR) is 126 cm³/mol. The molecule has 0 radical (unpaired) electrons. The predicted octanol–water partition coefficient (Wildman–Crippen LogP) is 2.68. The third kappa shape index (κ3) is 6.39. The molecule has 4 rings (SSSR count). The first kappa shape index (κ1) is 24.3. The van der Waals surface area contributed by atoms with E-state index in [0.29, 0.717) is 31.5 Å². The molecule has 1 atom stereocenters.